The maximum absolute atomic E-state index is 14.4. The van der Waals surface area contributed by atoms with Gasteiger partial charge in [0.15, 0.2) is 0 Å². The molecule has 3 aromatic rings. The predicted octanol–water partition coefficient (Wildman–Crippen LogP) is 6.29. The minimum absolute atomic E-state index is 0.229. The fourth-order valence-electron chi connectivity index (χ4n) is 4.25. The maximum Gasteiger partial charge on any atom is 0.417 e. The number of carbonyl (C=O) groups is 1. The quantitative estimate of drug-likeness (QED) is 0.419. The molecular formula is C22H22F5N3OS. The molecule has 32 heavy (non-hydrogen) atoms. The fraction of sp³-hybridized carbons (Fsp3) is 0.455. The molecule has 1 aliphatic rings. The standard InChI is InChI=1S/C22H22F5N3OS/c1-3-17-14(15-11-28-30-12-13(22(25,26)27)7-8-16(15)30)10-18(32-17)20(31)29(2)19-6-4-5-9-21(19,23)24/h7-8,10-12,19H,3-6,9H2,1-2H3. The lowest BCUT2D eigenvalue weighted by Crippen LogP contribution is -2.50. The van der Waals surface area contributed by atoms with E-state index in [9.17, 15) is 26.7 Å². The summed E-state index contributed by atoms with van der Waals surface area (Å²) in [5.41, 5.74) is 0.930. The van der Waals surface area contributed by atoms with Crippen LogP contribution in [0.15, 0.2) is 30.6 Å². The van der Waals surface area contributed by atoms with Gasteiger partial charge in [0, 0.05) is 35.7 Å². The molecule has 0 bridgehead atoms. The minimum Gasteiger partial charge on any atom is -0.332 e. The number of aromatic nitrogens is 2. The Morgan fingerprint density at radius 2 is 2.03 bits per heavy atom. The van der Waals surface area contributed by atoms with Gasteiger partial charge in [0.1, 0.15) is 0 Å². The second kappa shape index (κ2) is 8.13. The molecule has 1 amide bonds. The van der Waals surface area contributed by atoms with Gasteiger partial charge in [-0.05, 0) is 37.5 Å². The molecule has 0 N–H and O–H groups in total. The first-order chi connectivity index (χ1) is 15.0. The molecule has 1 saturated carbocycles. The van der Waals surface area contributed by atoms with Crippen LogP contribution in [0.2, 0.25) is 0 Å². The highest BCUT2D eigenvalue weighted by Crippen LogP contribution is 2.39. The lowest BCUT2D eigenvalue weighted by atomic mass is 9.90. The summed E-state index contributed by atoms with van der Waals surface area (Å²) in [6, 6.07) is 2.83. The van der Waals surface area contributed by atoms with Gasteiger partial charge in [-0.1, -0.05) is 13.3 Å². The van der Waals surface area contributed by atoms with Crippen molar-refractivity contribution < 1.29 is 26.7 Å². The molecule has 1 unspecified atom stereocenters. The summed E-state index contributed by atoms with van der Waals surface area (Å²) in [6.07, 6.45) is -0.407. The summed E-state index contributed by atoms with van der Waals surface area (Å²) in [5.74, 6) is -3.40. The molecule has 1 fully saturated rings. The lowest BCUT2D eigenvalue weighted by molar-refractivity contribution is -0.137. The highest BCUT2D eigenvalue weighted by Gasteiger charge is 2.45. The van der Waals surface area contributed by atoms with Crippen molar-refractivity contribution in [3.8, 4) is 11.1 Å². The van der Waals surface area contributed by atoms with Crippen molar-refractivity contribution in [3.63, 3.8) is 0 Å². The second-order valence-electron chi connectivity index (χ2n) is 8.04. The molecule has 4 rings (SSSR count). The van der Waals surface area contributed by atoms with Crippen molar-refractivity contribution in [1.29, 1.82) is 0 Å². The third kappa shape index (κ3) is 4.00. The van der Waals surface area contributed by atoms with Crippen molar-refractivity contribution in [2.45, 2.75) is 57.2 Å². The molecule has 0 aromatic carbocycles. The monoisotopic (exact) mass is 471 g/mol. The van der Waals surface area contributed by atoms with Crippen LogP contribution >= 0.6 is 11.3 Å². The second-order valence-corrected chi connectivity index (χ2v) is 9.18. The van der Waals surface area contributed by atoms with Crippen molar-refractivity contribution in [2.24, 2.45) is 0 Å². The van der Waals surface area contributed by atoms with Gasteiger partial charge in [0.2, 0.25) is 0 Å². The molecule has 0 radical (unpaired) electrons. The summed E-state index contributed by atoms with van der Waals surface area (Å²) in [6.45, 7) is 1.90. The maximum atomic E-state index is 14.4. The number of hydrogen-bond donors (Lipinski definition) is 0. The Balaban J connectivity index is 1.69. The van der Waals surface area contributed by atoms with E-state index in [-0.39, 0.29) is 12.8 Å². The van der Waals surface area contributed by atoms with Crippen LogP contribution in [0.5, 0.6) is 0 Å². The molecule has 172 valence electrons. The van der Waals surface area contributed by atoms with Gasteiger partial charge >= 0.3 is 6.18 Å². The summed E-state index contributed by atoms with van der Waals surface area (Å²) in [7, 11) is 1.41. The van der Waals surface area contributed by atoms with Crippen LogP contribution < -0.4 is 0 Å². The number of carbonyl (C=O) groups excluding carboxylic acids is 1. The fourth-order valence-corrected chi connectivity index (χ4v) is 5.35. The lowest BCUT2D eigenvalue weighted by Gasteiger charge is -2.37. The molecule has 0 saturated heterocycles. The van der Waals surface area contributed by atoms with Crippen LogP contribution in [0.3, 0.4) is 0 Å². The third-order valence-electron chi connectivity index (χ3n) is 5.99. The average molecular weight is 471 g/mol. The van der Waals surface area contributed by atoms with Crippen molar-refractivity contribution >= 4 is 22.8 Å². The highest BCUT2D eigenvalue weighted by molar-refractivity contribution is 7.14. The average Bonchev–Trinajstić information content (AvgIpc) is 3.35. The van der Waals surface area contributed by atoms with Gasteiger partial charge in [-0.15, -0.1) is 11.3 Å². The number of aryl methyl sites for hydroxylation is 1. The van der Waals surface area contributed by atoms with Gasteiger partial charge in [0.25, 0.3) is 11.8 Å². The molecule has 10 heteroatoms. The van der Waals surface area contributed by atoms with E-state index in [1.54, 1.807) is 6.07 Å². The zero-order chi connectivity index (χ0) is 23.3. The Kier molecular flexibility index (Phi) is 5.77. The Labute approximate surface area is 185 Å². The normalized spacial score (nSPS) is 18.8. The number of hydrogen-bond acceptors (Lipinski definition) is 3. The Hall–Kier alpha value is -2.49. The summed E-state index contributed by atoms with van der Waals surface area (Å²) in [5, 5.41) is 4.05. The highest BCUT2D eigenvalue weighted by atomic mass is 32.1. The van der Waals surface area contributed by atoms with E-state index < -0.39 is 29.6 Å². The number of alkyl halides is 5. The van der Waals surface area contributed by atoms with Crippen LogP contribution in [-0.2, 0) is 12.6 Å². The van der Waals surface area contributed by atoms with Crippen molar-refractivity contribution in [3.05, 3.63) is 45.9 Å². The van der Waals surface area contributed by atoms with Gasteiger partial charge in [0.05, 0.1) is 28.2 Å². The van der Waals surface area contributed by atoms with Gasteiger partial charge < -0.3 is 4.90 Å². The van der Waals surface area contributed by atoms with E-state index in [2.05, 4.69) is 5.10 Å². The van der Waals surface area contributed by atoms with Gasteiger partial charge in [-0.3, -0.25) is 4.79 Å². The largest absolute Gasteiger partial charge is 0.417 e. The smallest absolute Gasteiger partial charge is 0.332 e. The van der Waals surface area contributed by atoms with E-state index in [0.717, 1.165) is 26.6 Å². The SMILES string of the molecule is CCc1sc(C(=O)N(C)C2CCCCC2(F)F)cc1-c1cnn2cc(C(F)(F)F)ccc12. The van der Waals surface area contributed by atoms with Crippen molar-refractivity contribution in [2.75, 3.05) is 7.05 Å². The molecular weight excluding hydrogens is 449 g/mol. The molecule has 0 spiro atoms. The van der Waals surface area contributed by atoms with E-state index in [1.807, 2.05) is 6.92 Å². The van der Waals surface area contributed by atoms with E-state index >= 15 is 0 Å². The number of pyridine rings is 1. The summed E-state index contributed by atoms with van der Waals surface area (Å²) < 4.78 is 68.9. The van der Waals surface area contributed by atoms with Gasteiger partial charge in [-0.2, -0.15) is 18.3 Å². The van der Waals surface area contributed by atoms with Crippen LogP contribution in [0.25, 0.3) is 16.6 Å². The number of thiophene rings is 1. The minimum atomic E-state index is -4.48. The first-order valence-electron chi connectivity index (χ1n) is 10.4. The van der Waals surface area contributed by atoms with Crippen LogP contribution in [-0.4, -0.2) is 39.4 Å². The Morgan fingerprint density at radius 3 is 2.69 bits per heavy atom. The van der Waals surface area contributed by atoms with Crippen molar-refractivity contribution in [1.82, 2.24) is 14.5 Å². The number of fused-ring (bicyclic) bond motifs is 1. The number of rotatable bonds is 4. The topological polar surface area (TPSA) is 37.6 Å². The summed E-state index contributed by atoms with van der Waals surface area (Å²) >= 11 is 1.22. The van der Waals surface area contributed by atoms with E-state index in [0.29, 0.717) is 40.8 Å². The third-order valence-corrected chi connectivity index (χ3v) is 7.25. The van der Waals surface area contributed by atoms with E-state index in [1.165, 1.54) is 30.6 Å². The molecule has 0 aliphatic heterocycles. The Bertz CT molecular complexity index is 1150. The van der Waals surface area contributed by atoms with Crippen LogP contribution in [0, 0.1) is 0 Å². The first-order valence-corrected chi connectivity index (χ1v) is 11.2. The predicted molar refractivity (Wildman–Crippen MR) is 112 cm³/mol. The molecule has 3 aromatic heterocycles. The number of halogens is 5. The van der Waals surface area contributed by atoms with Crippen LogP contribution in [0.1, 0.15) is 52.7 Å². The zero-order valence-electron chi connectivity index (χ0n) is 17.5. The van der Waals surface area contributed by atoms with Crippen LogP contribution in [0.4, 0.5) is 22.0 Å². The molecule has 3 heterocycles. The van der Waals surface area contributed by atoms with E-state index in [4.69, 9.17) is 0 Å². The van der Waals surface area contributed by atoms with Gasteiger partial charge in [-0.25, -0.2) is 13.3 Å². The molecule has 1 atom stereocenters. The Morgan fingerprint density at radius 1 is 1.28 bits per heavy atom. The number of nitrogens with zero attached hydrogens (tertiary/aromatic N) is 3. The number of amides is 1. The zero-order valence-corrected chi connectivity index (χ0v) is 18.4. The molecule has 4 nitrogen and oxygen atoms in total. The molecule has 1 aliphatic carbocycles. The first kappa shape index (κ1) is 22.7. The summed E-state index contributed by atoms with van der Waals surface area (Å²) in [4.78, 5) is 15.4.